The van der Waals surface area contributed by atoms with E-state index in [2.05, 4.69) is 29.6 Å². The first kappa shape index (κ1) is 19.8. The van der Waals surface area contributed by atoms with Gasteiger partial charge in [0, 0.05) is 17.8 Å². The normalized spacial score (nSPS) is 14.3. The van der Waals surface area contributed by atoms with Gasteiger partial charge in [-0.05, 0) is 66.0 Å². The van der Waals surface area contributed by atoms with Crippen LogP contribution in [0.15, 0.2) is 69.2 Å². The van der Waals surface area contributed by atoms with E-state index in [1.54, 1.807) is 17.4 Å². The van der Waals surface area contributed by atoms with E-state index in [1.807, 2.05) is 29.6 Å². The molecule has 1 aliphatic carbocycles. The standard InChI is InChI=1S/C25H24N2O3S/c28-23(13-14-27-20-8-3-4-9-21(20)30-25(27)29)26-24(22-10-5-15-31-22)19-12-11-17-6-1-2-7-18(17)16-19/h3-5,8-12,15-16,24H,1-2,6-7,13-14H2,(H,26,28). The molecule has 1 atom stereocenters. The molecule has 1 aliphatic rings. The highest BCUT2D eigenvalue weighted by Gasteiger charge is 2.20. The van der Waals surface area contributed by atoms with E-state index >= 15 is 0 Å². The van der Waals surface area contributed by atoms with Crippen LogP contribution in [0.25, 0.3) is 11.1 Å². The summed E-state index contributed by atoms with van der Waals surface area (Å²) in [5, 5.41) is 5.23. The molecule has 158 valence electrons. The number of carbonyl (C=O) groups is 1. The lowest BCUT2D eigenvalue weighted by atomic mass is 9.89. The van der Waals surface area contributed by atoms with Crippen LogP contribution in [-0.4, -0.2) is 10.5 Å². The van der Waals surface area contributed by atoms with Gasteiger partial charge in [0.2, 0.25) is 5.91 Å². The number of rotatable bonds is 6. The molecule has 0 fully saturated rings. The van der Waals surface area contributed by atoms with Gasteiger partial charge in [-0.15, -0.1) is 11.3 Å². The van der Waals surface area contributed by atoms with Gasteiger partial charge in [0.05, 0.1) is 11.6 Å². The van der Waals surface area contributed by atoms with Crippen LogP contribution in [0.4, 0.5) is 0 Å². The number of fused-ring (bicyclic) bond motifs is 2. The van der Waals surface area contributed by atoms with Crippen LogP contribution in [0, 0.1) is 0 Å². The molecule has 2 aromatic heterocycles. The van der Waals surface area contributed by atoms with Crippen molar-refractivity contribution in [3.63, 3.8) is 0 Å². The Morgan fingerprint density at radius 2 is 1.90 bits per heavy atom. The zero-order chi connectivity index (χ0) is 21.2. The van der Waals surface area contributed by atoms with Crippen molar-refractivity contribution in [3.8, 4) is 0 Å². The van der Waals surface area contributed by atoms with Crippen LogP contribution < -0.4 is 11.1 Å². The molecule has 1 amide bonds. The molecule has 1 unspecified atom stereocenters. The highest BCUT2D eigenvalue weighted by atomic mass is 32.1. The van der Waals surface area contributed by atoms with E-state index in [-0.39, 0.29) is 24.9 Å². The van der Waals surface area contributed by atoms with Crippen molar-refractivity contribution >= 4 is 28.3 Å². The predicted molar refractivity (Wildman–Crippen MR) is 122 cm³/mol. The molecule has 0 spiro atoms. The van der Waals surface area contributed by atoms with Crippen molar-refractivity contribution in [2.45, 2.75) is 44.7 Å². The number of hydrogen-bond donors (Lipinski definition) is 1. The summed E-state index contributed by atoms with van der Waals surface area (Å²) in [6, 6.07) is 17.8. The average molecular weight is 433 g/mol. The number of benzene rings is 2. The SMILES string of the molecule is O=C(CCn1c(=O)oc2ccccc21)NC(c1ccc2c(c1)CCCC2)c1cccs1. The second kappa shape index (κ2) is 8.55. The number of thiophene rings is 1. The number of amides is 1. The molecule has 0 saturated carbocycles. The maximum Gasteiger partial charge on any atom is 0.419 e. The number of nitrogens with one attached hydrogen (secondary N) is 1. The summed E-state index contributed by atoms with van der Waals surface area (Å²) >= 11 is 1.64. The lowest BCUT2D eigenvalue weighted by molar-refractivity contribution is -0.121. The Morgan fingerprint density at radius 3 is 2.74 bits per heavy atom. The van der Waals surface area contributed by atoms with Crippen molar-refractivity contribution in [2.75, 3.05) is 0 Å². The van der Waals surface area contributed by atoms with Crippen LogP contribution in [-0.2, 0) is 24.2 Å². The van der Waals surface area contributed by atoms with Crippen LogP contribution >= 0.6 is 11.3 Å². The fraction of sp³-hybridized carbons (Fsp3) is 0.280. The van der Waals surface area contributed by atoms with Gasteiger partial charge in [-0.3, -0.25) is 9.36 Å². The number of aromatic nitrogens is 1. The largest absolute Gasteiger partial charge is 0.419 e. The van der Waals surface area contributed by atoms with Crippen LogP contribution in [0.1, 0.15) is 46.9 Å². The minimum atomic E-state index is -0.432. The summed E-state index contributed by atoms with van der Waals surface area (Å²) in [5.74, 6) is -0.521. The van der Waals surface area contributed by atoms with Crippen molar-refractivity contribution in [1.29, 1.82) is 0 Å². The molecule has 0 aliphatic heterocycles. The van der Waals surface area contributed by atoms with Crippen LogP contribution in [0.2, 0.25) is 0 Å². The highest BCUT2D eigenvalue weighted by molar-refractivity contribution is 7.10. The Balaban J connectivity index is 1.35. The fourth-order valence-electron chi connectivity index (χ4n) is 4.38. The van der Waals surface area contributed by atoms with Gasteiger partial charge < -0.3 is 9.73 Å². The molecule has 2 heterocycles. The molecule has 4 aromatic rings. The van der Waals surface area contributed by atoms with Crippen molar-refractivity contribution in [2.24, 2.45) is 0 Å². The third kappa shape index (κ3) is 4.08. The first-order chi connectivity index (χ1) is 15.2. The van der Waals surface area contributed by atoms with E-state index in [4.69, 9.17) is 4.42 Å². The maximum absolute atomic E-state index is 12.9. The summed E-state index contributed by atoms with van der Waals surface area (Å²) in [6.45, 7) is 0.281. The number of carbonyl (C=O) groups excluding carboxylic acids is 1. The first-order valence-corrected chi connectivity index (χ1v) is 11.6. The quantitative estimate of drug-likeness (QED) is 0.475. The number of para-hydroxylation sites is 2. The lowest BCUT2D eigenvalue weighted by Gasteiger charge is -2.22. The molecule has 6 heteroatoms. The molecule has 0 bridgehead atoms. The second-order valence-corrected chi connectivity index (χ2v) is 8.97. The van der Waals surface area contributed by atoms with Crippen molar-refractivity contribution in [3.05, 3.63) is 92.1 Å². The minimum Gasteiger partial charge on any atom is -0.408 e. The molecule has 2 aromatic carbocycles. The molecular formula is C25H24N2O3S. The number of aryl methyl sites for hydroxylation is 3. The van der Waals surface area contributed by atoms with Gasteiger partial charge in [-0.25, -0.2) is 4.79 Å². The zero-order valence-electron chi connectivity index (χ0n) is 17.2. The van der Waals surface area contributed by atoms with E-state index in [0.717, 1.165) is 23.3 Å². The summed E-state index contributed by atoms with van der Waals surface area (Å²) in [6.07, 6.45) is 4.92. The monoisotopic (exact) mass is 432 g/mol. The Hall–Kier alpha value is -3.12. The van der Waals surface area contributed by atoms with E-state index in [9.17, 15) is 9.59 Å². The third-order valence-corrected chi connectivity index (χ3v) is 6.91. The van der Waals surface area contributed by atoms with Gasteiger partial charge in [0.1, 0.15) is 0 Å². The van der Waals surface area contributed by atoms with E-state index in [1.165, 1.54) is 28.5 Å². The third-order valence-electron chi connectivity index (χ3n) is 5.98. The summed E-state index contributed by atoms with van der Waals surface area (Å²) in [5.41, 5.74) is 5.19. The van der Waals surface area contributed by atoms with E-state index in [0.29, 0.717) is 11.1 Å². The van der Waals surface area contributed by atoms with Crippen LogP contribution in [0.3, 0.4) is 0 Å². The van der Waals surface area contributed by atoms with Gasteiger partial charge in [-0.1, -0.05) is 36.4 Å². The molecule has 1 N–H and O–H groups in total. The van der Waals surface area contributed by atoms with Gasteiger partial charge in [0.15, 0.2) is 5.58 Å². The number of nitrogens with zero attached hydrogens (tertiary/aromatic N) is 1. The van der Waals surface area contributed by atoms with E-state index < -0.39 is 5.76 Å². The number of hydrogen-bond acceptors (Lipinski definition) is 4. The van der Waals surface area contributed by atoms with Gasteiger partial charge in [0.25, 0.3) is 0 Å². The van der Waals surface area contributed by atoms with Crippen LogP contribution in [0.5, 0.6) is 0 Å². The molecule has 0 saturated heterocycles. The predicted octanol–water partition coefficient (Wildman–Crippen LogP) is 4.83. The smallest absolute Gasteiger partial charge is 0.408 e. The Morgan fingerprint density at radius 1 is 1.06 bits per heavy atom. The summed E-state index contributed by atoms with van der Waals surface area (Å²) < 4.78 is 6.79. The Kier molecular flexibility index (Phi) is 5.47. The topological polar surface area (TPSA) is 64.2 Å². The summed E-state index contributed by atoms with van der Waals surface area (Å²) in [4.78, 5) is 26.2. The first-order valence-electron chi connectivity index (χ1n) is 10.7. The summed E-state index contributed by atoms with van der Waals surface area (Å²) in [7, 11) is 0. The molecule has 0 radical (unpaired) electrons. The highest BCUT2D eigenvalue weighted by Crippen LogP contribution is 2.30. The maximum atomic E-state index is 12.9. The Bertz CT molecular complexity index is 1270. The second-order valence-electron chi connectivity index (χ2n) is 7.99. The minimum absolute atomic E-state index is 0.0895. The average Bonchev–Trinajstić information content (AvgIpc) is 3.43. The Labute approximate surface area is 184 Å². The van der Waals surface area contributed by atoms with Gasteiger partial charge >= 0.3 is 5.76 Å². The fourth-order valence-corrected chi connectivity index (χ4v) is 5.18. The zero-order valence-corrected chi connectivity index (χ0v) is 18.0. The molecule has 5 nitrogen and oxygen atoms in total. The molecule has 5 rings (SSSR count). The van der Waals surface area contributed by atoms with Crippen molar-refractivity contribution in [1.82, 2.24) is 9.88 Å². The van der Waals surface area contributed by atoms with Gasteiger partial charge in [-0.2, -0.15) is 0 Å². The number of oxazole rings is 1. The lowest BCUT2D eigenvalue weighted by Crippen LogP contribution is -2.30. The molecule has 31 heavy (non-hydrogen) atoms. The van der Waals surface area contributed by atoms with Crippen molar-refractivity contribution < 1.29 is 9.21 Å². The molecular weight excluding hydrogens is 408 g/mol.